The maximum absolute atomic E-state index is 10.2. The molecule has 1 aliphatic rings. The van der Waals surface area contributed by atoms with Crippen molar-refractivity contribution in [2.75, 3.05) is 6.61 Å². The van der Waals surface area contributed by atoms with Crippen molar-refractivity contribution < 1.29 is 45.2 Å². The van der Waals surface area contributed by atoms with E-state index >= 15 is 0 Å². The Bertz CT molecular complexity index is 903. The van der Waals surface area contributed by atoms with Gasteiger partial charge in [-0.2, -0.15) is 0 Å². The Morgan fingerprint density at radius 2 is 1.36 bits per heavy atom. The molecule has 182 valence electrons. The molecule has 1 heterocycles. The van der Waals surface area contributed by atoms with Crippen molar-refractivity contribution in [3.8, 4) is 23.0 Å². The highest BCUT2D eigenvalue weighted by molar-refractivity contribution is 5.41. The first-order valence-corrected chi connectivity index (χ1v) is 11.1. The molecule has 0 amide bonds. The van der Waals surface area contributed by atoms with Crippen LogP contribution in [0.2, 0.25) is 0 Å². The lowest BCUT2D eigenvalue weighted by Crippen LogP contribution is -2.54. The van der Waals surface area contributed by atoms with Gasteiger partial charge in [-0.15, -0.1) is 0 Å². The highest BCUT2D eigenvalue weighted by Gasteiger charge is 2.39. The molecule has 1 fully saturated rings. The molecule has 9 nitrogen and oxygen atoms in total. The Balaban J connectivity index is 1.57. The number of phenolic OH excluding ortho intramolecular Hbond substituents is 4. The van der Waals surface area contributed by atoms with E-state index < -0.39 is 24.6 Å². The Morgan fingerprint density at radius 1 is 0.758 bits per heavy atom. The fourth-order valence-electron chi connectivity index (χ4n) is 3.85. The summed E-state index contributed by atoms with van der Waals surface area (Å²) < 4.78 is 11.3. The van der Waals surface area contributed by atoms with Gasteiger partial charge in [0.2, 0.25) is 0 Å². The van der Waals surface area contributed by atoms with Crippen LogP contribution in [0.15, 0.2) is 36.4 Å². The molecule has 0 aromatic heterocycles. The van der Waals surface area contributed by atoms with Gasteiger partial charge in [0.05, 0.1) is 12.7 Å². The second-order valence-corrected chi connectivity index (χ2v) is 8.44. The third-order valence-electron chi connectivity index (χ3n) is 5.86. The summed E-state index contributed by atoms with van der Waals surface area (Å²) in [5.74, 6) is -0.718. The van der Waals surface area contributed by atoms with E-state index in [0.29, 0.717) is 25.7 Å². The number of ether oxygens (including phenoxy) is 2. The Kier molecular flexibility index (Phi) is 8.76. The van der Waals surface area contributed by atoms with Crippen molar-refractivity contribution in [1.29, 1.82) is 0 Å². The van der Waals surface area contributed by atoms with Crippen molar-refractivity contribution >= 4 is 0 Å². The number of rotatable bonds is 10. The van der Waals surface area contributed by atoms with Gasteiger partial charge in [-0.25, -0.2) is 0 Å². The van der Waals surface area contributed by atoms with Crippen LogP contribution in [0, 0.1) is 0 Å². The van der Waals surface area contributed by atoms with Gasteiger partial charge >= 0.3 is 0 Å². The minimum atomic E-state index is -1.38. The summed E-state index contributed by atoms with van der Waals surface area (Å²) in [5, 5.41) is 68.0. The Morgan fingerprint density at radius 3 is 1.97 bits per heavy atom. The lowest BCUT2D eigenvalue weighted by molar-refractivity contribution is -0.283. The number of hydrogen-bond acceptors (Lipinski definition) is 9. The zero-order chi connectivity index (χ0) is 24.0. The summed E-state index contributed by atoms with van der Waals surface area (Å²) >= 11 is 0. The smallest absolute Gasteiger partial charge is 0.186 e. The largest absolute Gasteiger partial charge is 0.504 e. The first-order chi connectivity index (χ1) is 15.7. The maximum Gasteiger partial charge on any atom is 0.186 e. The molecular formula is C24H32O9. The van der Waals surface area contributed by atoms with E-state index in [1.54, 1.807) is 12.1 Å². The molecule has 0 saturated carbocycles. The van der Waals surface area contributed by atoms with Gasteiger partial charge < -0.3 is 45.2 Å². The number of aliphatic hydroxyl groups excluding tert-OH is 3. The van der Waals surface area contributed by atoms with Crippen LogP contribution in [-0.2, 0) is 22.3 Å². The number of aryl methyl sites for hydroxylation is 2. The number of benzene rings is 2. The van der Waals surface area contributed by atoms with E-state index in [0.717, 1.165) is 24.0 Å². The number of unbranched alkanes of at least 4 members (excludes halogenated alkanes) is 1. The van der Waals surface area contributed by atoms with E-state index in [1.165, 1.54) is 24.3 Å². The van der Waals surface area contributed by atoms with E-state index in [-0.39, 0.29) is 35.7 Å². The van der Waals surface area contributed by atoms with Gasteiger partial charge in [0.1, 0.15) is 18.3 Å². The third-order valence-corrected chi connectivity index (χ3v) is 5.86. The van der Waals surface area contributed by atoms with E-state index in [9.17, 15) is 35.7 Å². The summed E-state index contributed by atoms with van der Waals surface area (Å²) in [6.45, 7) is -0.147. The topological polar surface area (TPSA) is 160 Å². The Hall–Kier alpha value is -2.56. The lowest BCUT2D eigenvalue weighted by Gasteiger charge is -2.36. The molecule has 7 N–H and O–H groups in total. The van der Waals surface area contributed by atoms with Gasteiger partial charge in [0.15, 0.2) is 29.3 Å². The van der Waals surface area contributed by atoms with Crippen molar-refractivity contribution in [3.63, 3.8) is 0 Å². The fourth-order valence-corrected chi connectivity index (χ4v) is 3.85. The van der Waals surface area contributed by atoms with Crippen molar-refractivity contribution in [3.05, 3.63) is 47.5 Å². The zero-order valence-corrected chi connectivity index (χ0v) is 18.2. The molecule has 9 heteroatoms. The number of aliphatic hydroxyl groups is 3. The van der Waals surface area contributed by atoms with Gasteiger partial charge in [0, 0.05) is 0 Å². The van der Waals surface area contributed by atoms with Crippen LogP contribution >= 0.6 is 0 Å². The molecule has 0 spiro atoms. The fraction of sp³-hybridized carbons (Fsp3) is 0.500. The predicted octanol–water partition coefficient (Wildman–Crippen LogP) is 1.68. The molecule has 2 aromatic rings. The second-order valence-electron chi connectivity index (χ2n) is 8.44. The van der Waals surface area contributed by atoms with Crippen LogP contribution in [0.4, 0.5) is 0 Å². The number of aromatic hydroxyl groups is 4. The molecule has 1 saturated heterocycles. The zero-order valence-electron chi connectivity index (χ0n) is 18.2. The highest BCUT2D eigenvalue weighted by atomic mass is 16.7. The predicted molar refractivity (Wildman–Crippen MR) is 118 cm³/mol. The molecule has 33 heavy (non-hydrogen) atoms. The Labute approximate surface area is 192 Å². The molecule has 1 aliphatic heterocycles. The summed E-state index contributed by atoms with van der Waals surface area (Å²) in [7, 11) is 0. The van der Waals surface area contributed by atoms with Crippen molar-refractivity contribution in [1.82, 2.24) is 0 Å². The van der Waals surface area contributed by atoms with Crippen LogP contribution in [-0.4, -0.2) is 73.1 Å². The molecule has 5 atom stereocenters. The second kappa shape index (κ2) is 11.5. The van der Waals surface area contributed by atoms with Gasteiger partial charge in [-0.05, 0) is 67.5 Å². The molecule has 3 rings (SSSR count). The standard InChI is InChI=1S/C24H32O9/c25-17-9-6-14(11-19(17)27)3-1-2-4-16(8-5-15-7-10-18(26)20(28)12-15)33-24-23(31)22(30)21(29)13-32-24/h6-7,9-12,16,21-31H,1-5,8,13H2. The summed E-state index contributed by atoms with van der Waals surface area (Å²) in [6.07, 6.45) is -1.38. The average molecular weight is 465 g/mol. The summed E-state index contributed by atoms with van der Waals surface area (Å²) in [6, 6.07) is 9.33. The maximum atomic E-state index is 10.2. The van der Waals surface area contributed by atoms with Crippen LogP contribution in [0.5, 0.6) is 23.0 Å². The van der Waals surface area contributed by atoms with Gasteiger partial charge in [-0.1, -0.05) is 18.6 Å². The van der Waals surface area contributed by atoms with Crippen molar-refractivity contribution in [2.45, 2.75) is 69.2 Å². The molecule has 0 aliphatic carbocycles. The molecule has 0 bridgehead atoms. The van der Waals surface area contributed by atoms with Crippen LogP contribution in [0.3, 0.4) is 0 Å². The van der Waals surface area contributed by atoms with Crippen LogP contribution in [0.1, 0.15) is 36.8 Å². The summed E-state index contributed by atoms with van der Waals surface area (Å²) in [4.78, 5) is 0. The quantitative estimate of drug-likeness (QED) is 0.205. The van der Waals surface area contributed by atoms with Crippen molar-refractivity contribution in [2.24, 2.45) is 0 Å². The minimum Gasteiger partial charge on any atom is -0.504 e. The molecule has 5 unspecified atom stereocenters. The molecule has 2 aromatic carbocycles. The van der Waals surface area contributed by atoms with Gasteiger partial charge in [0.25, 0.3) is 0 Å². The monoisotopic (exact) mass is 464 g/mol. The third kappa shape index (κ3) is 6.96. The van der Waals surface area contributed by atoms with E-state index in [4.69, 9.17) is 9.47 Å². The lowest BCUT2D eigenvalue weighted by atomic mass is 10.00. The SMILES string of the molecule is Oc1ccc(CCCCC(CCc2ccc(O)c(O)c2)OC2OCC(O)C(O)C2O)cc1O. The number of phenols is 4. The first-order valence-electron chi connectivity index (χ1n) is 11.1. The minimum absolute atomic E-state index is 0.147. The van der Waals surface area contributed by atoms with Crippen LogP contribution < -0.4 is 0 Å². The van der Waals surface area contributed by atoms with E-state index in [2.05, 4.69) is 0 Å². The highest BCUT2D eigenvalue weighted by Crippen LogP contribution is 2.28. The number of hydrogen-bond donors (Lipinski definition) is 7. The molecular weight excluding hydrogens is 432 g/mol. The summed E-state index contributed by atoms with van der Waals surface area (Å²) in [5.41, 5.74) is 1.70. The molecule has 0 radical (unpaired) electrons. The average Bonchev–Trinajstić information content (AvgIpc) is 2.79. The normalized spacial score (nSPS) is 24.0. The van der Waals surface area contributed by atoms with Crippen LogP contribution in [0.25, 0.3) is 0 Å². The van der Waals surface area contributed by atoms with E-state index in [1.807, 2.05) is 0 Å². The van der Waals surface area contributed by atoms with Gasteiger partial charge in [-0.3, -0.25) is 0 Å². The first kappa shape index (κ1) is 25.1.